The van der Waals surface area contributed by atoms with Crippen LogP contribution in [0.3, 0.4) is 0 Å². The van der Waals surface area contributed by atoms with Gasteiger partial charge in [-0.25, -0.2) is 9.59 Å². The van der Waals surface area contributed by atoms with Crippen molar-refractivity contribution in [3.05, 3.63) is 39.5 Å². The van der Waals surface area contributed by atoms with Crippen molar-refractivity contribution < 1.29 is 34.1 Å². The van der Waals surface area contributed by atoms with Crippen LogP contribution in [0.4, 0.5) is 0 Å². The Morgan fingerprint density at radius 2 is 2.04 bits per heavy atom. The quantitative estimate of drug-likeness (QED) is 0.567. The van der Waals surface area contributed by atoms with Crippen molar-refractivity contribution in [2.24, 2.45) is 5.92 Å². The molecule has 1 atom stereocenters. The van der Waals surface area contributed by atoms with Gasteiger partial charge < -0.3 is 19.7 Å². The first-order valence-electron chi connectivity index (χ1n) is 9.38. The molecule has 28 heavy (non-hydrogen) atoms. The first kappa shape index (κ1) is 19.9. The van der Waals surface area contributed by atoms with E-state index in [4.69, 9.17) is 14.6 Å². The summed E-state index contributed by atoms with van der Waals surface area (Å²) in [6.07, 6.45) is 5.85. The molecule has 1 fully saturated rings. The average Bonchev–Trinajstić information content (AvgIpc) is 3.02. The maximum Gasteiger partial charge on any atom is 0.339 e. The molecule has 2 N–H and O–H groups in total. The number of methoxy groups -OCH3 is 1. The lowest BCUT2D eigenvalue weighted by molar-refractivity contribution is -0.137. The number of esters is 1. The number of hydrogen-bond donors (Lipinski definition) is 2. The topological polar surface area (TPSA) is 110 Å². The molecule has 0 saturated heterocycles. The van der Waals surface area contributed by atoms with Crippen LogP contribution in [0.25, 0.3) is 0 Å². The fraction of sp³-hybridized carbons (Fsp3) is 0.476. The Hall–Kier alpha value is -2.83. The summed E-state index contributed by atoms with van der Waals surface area (Å²) in [5, 5.41) is 19.0. The molecule has 7 heteroatoms. The Morgan fingerprint density at radius 3 is 2.68 bits per heavy atom. The van der Waals surface area contributed by atoms with Crippen molar-refractivity contribution in [3.63, 3.8) is 0 Å². The van der Waals surface area contributed by atoms with Crippen molar-refractivity contribution in [3.8, 4) is 5.75 Å². The Balaban J connectivity index is 2.07. The predicted octanol–water partition coefficient (Wildman–Crippen LogP) is 3.51. The minimum atomic E-state index is -1.20. The highest BCUT2D eigenvalue weighted by atomic mass is 16.5. The summed E-state index contributed by atoms with van der Waals surface area (Å²) in [6, 6.07) is 0. The molecule has 7 nitrogen and oxygen atoms in total. The molecule has 0 amide bonds. The predicted molar refractivity (Wildman–Crippen MR) is 99.8 cm³/mol. The van der Waals surface area contributed by atoms with Gasteiger partial charge in [-0.15, -0.1) is 0 Å². The van der Waals surface area contributed by atoms with Crippen molar-refractivity contribution in [1.29, 1.82) is 0 Å². The average molecular weight is 388 g/mol. The normalized spacial score (nSPS) is 20.0. The van der Waals surface area contributed by atoms with Gasteiger partial charge >= 0.3 is 17.9 Å². The number of aromatic carboxylic acids is 1. The van der Waals surface area contributed by atoms with Gasteiger partial charge in [-0.3, -0.25) is 4.79 Å². The summed E-state index contributed by atoms with van der Waals surface area (Å²) in [7, 11) is 1.47. The van der Waals surface area contributed by atoms with Gasteiger partial charge in [0.25, 0.3) is 0 Å². The fourth-order valence-electron chi connectivity index (χ4n) is 4.34. The van der Waals surface area contributed by atoms with Crippen LogP contribution in [0, 0.1) is 12.8 Å². The van der Waals surface area contributed by atoms with Crippen molar-refractivity contribution in [2.75, 3.05) is 7.11 Å². The van der Waals surface area contributed by atoms with Gasteiger partial charge in [0.15, 0.2) is 0 Å². The highest BCUT2D eigenvalue weighted by Crippen LogP contribution is 2.39. The third-order valence-electron chi connectivity index (χ3n) is 5.67. The molecular weight excluding hydrogens is 364 g/mol. The molecule has 0 bridgehead atoms. The second kappa shape index (κ2) is 8.04. The van der Waals surface area contributed by atoms with E-state index < -0.39 is 17.9 Å². The van der Waals surface area contributed by atoms with Crippen LogP contribution in [0.5, 0.6) is 5.75 Å². The number of carboxylic acid groups (broad SMARTS) is 2. The Morgan fingerprint density at radius 1 is 1.29 bits per heavy atom. The van der Waals surface area contributed by atoms with Gasteiger partial charge in [-0.1, -0.05) is 18.1 Å². The zero-order chi connectivity index (χ0) is 20.4. The highest BCUT2D eigenvalue weighted by Gasteiger charge is 2.34. The summed E-state index contributed by atoms with van der Waals surface area (Å²) in [6.45, 7) is 1.83. The molecule has 2 aliphatic rings. The first-order valence-corrected chi connectivity index (χ1v) is 9.38. The number of allylic oxidation sites excluding steroid dienone is 2. The second-order valence-electron chi connectivity index (χ2n) is 7.27. The van der Waals surface area contributed by atoms with Crippen LogP contribution in [0.2, 0.25) is 0 Å². The Kier molecular flexibility index (Phi) is 5.72. The number of fused-ring (bicyclic) bond motifs is 1. The zero-order valence-corrected chi connectivity index (χ0v) is 16.0. The number of carbonyl (C=O) groups is 3. The molecule has 0 unspecified atom stereocenters. The zero-order valence-electron chi connectivity index (χ0n) is 16.0. The third kappa shape index (κ3) is 3.61. The van der Waals surface area contributed by atoms with Crippen LogP contribution >= 0.6 is 0 Å². The van der Waals surface area contributed by atoms with Gasteiger partial charge in [0.2, 0.25) is 0 Å². The maximum atomic E-state index is 12.2. The van der Waals surface area contributed by atoms with E-state index in [1.165, 1.54) is 7.11 Å². The molecule has 0 radical (unpaired) electrons. The number of carbonyl (C=O) groups excluding carboxylic acids is 1. The molecule has 1 aromatic rings. The number of cyclic esters (lactones) is 1. The lowest BCUT2D eigenvalue weighted by Gasteiger charge is -2.24. The molecule has 1 heterocycles. The summed E-state index contributed by atoms with van der Waals surface area (Å²) < 4.78 is 10.6. The molecule has 3 rings (SSSR count). The number of aliphatic carboxylic acids is 1. The molecule has 1 aliphatic carbocycles. The van der Waals surface area contributed by atoms with E-state index in [0.717, 1.165) is 31.3 Å². The van der Waals surface area contributed by atoms with Gasteiger partial charge in [0, 0.05) is 11.1 Å². The fourth-order valence-corrected chi connectivity index (χ4v) is 4.34. The van der Waals surface area contributed by atoms with Gasteiger partial charge in [-0.05, 0) is 44.1 Å². The largest absolute Gasteiger partial charge is 0.496 e. The molecule has 0 spiro atoms. The SMILES string of the molecule is COc1c(C)c2c(c(C(=O)O)c1CC=C1CCCC[C@H]1CC(=O)O)C(=O)OC2. The molecule has 150 valence electrons. The van der Waals surface area contributed by atoms with Crippen LogP contribution in [0.1, 0.15) is 69.5 Å². The smallest absolute Gasteiger partial charge is 0.339 e. The number of rotatable bonds is 6. The van der Waals surface area contributed by atoms with Gasteiger partial charge in [0.05, 0.1) is 24.7 Å². The summed E-state index contributed by atoms with van der Waals surface area (Å²) in [5.74, 6) is -2.26. The second-order valence-corrected chi connectivity index (χ2v) is 7.27. The summed E-state index contributed by atoms with van der Waals surface area (Å²) in [4.78, 5) is 35.3. The van der Waals surface area contributed by atoms with Crippen molar-refractivity contribution in [2.45, 2.75) is 52.1 Å². The minimum absolute atomic E-state index is 0.0361. The van der Waals surface area contributed by atoms with Gasteiger partial charge in [-0.2, -0.15) is 0 Å². The van der Waals surface area contributed by atoms with Crippen LogP contribution < -0.4 is 4.74 Å². The van der Waals surface area contributed by atoms with Crippen LogP contribution in [0.15, 0.2) is 11.6 Å². The van der Waals surface area contributed by atoms with Crippen LogP contribution in [-0.2, 0) is 22.6 Å². The van der Waals surface area contributed by atoms with E-state index in [1.54, 1.807) is 6.92 Å². The minimum Gasteiger partial charge on any atom is -0.496 e. The van der Waals surface area contributed by atoms with E-state index >= 15 is 0 Å². The molecular formula is C21H24O7. The van der Waals surface area contributed by atoms with Crippen LogP contribution in [-0.4, -0.2) is 35.2 Å². The van der Waals surface area contributed by atoms with E-state index in [9.17, 15) is 19.5 Å². The van der Waals surface area contributed by atoms with Gasteiger partial charge in [0.1, 0.15) is 12.4 Å². The molecule has 0 aromatic heterocycles. The number of carboxylic acids is 2. The van der Waals surface area contributed by atoms with E-state index in [2.05, 4.69) is 0 Å². The van der Waals surface area contributed by atoms with Crippen molar-refractivity contribution in [1.82, 2.24) is 0 Å². The first-order chi connectivity index (χ1) is 13.3. The Labute approximate surface area is 163 Å². The molecule has 1 saturated carbocycles. The maximum absolute atomic E-state index is 12.2. The lowest BCUT2D eigenvalue weighted by Crippen LogP contribution is -2.16. The highest BCUT2D eigenvalue weighted by molar-refractivity contribution is 6.07. The van der Waals surface area contributed by atoms with E-state index in [0.29, 0.717) is 22.4 Å². The van der Waals surface area contributed by atoms with E-state index in [-0.39, 0.29) is 36.5 Å². The van der Waals surface area contributed by atoms with E-state index in [1.807, 2.05) is 6.08 Å². The lowest BCUT2D eigenvalue weighted by atomic mass is 9.81. The van der Waals surface area contributed by atoms with Crippen molar-refractivity contribution >= 4 is 17.9 Å². The number of hydrogen-bond acceptors (Lipinski definition) is 5. The number of benzene rings is 1. The molecule has 1 aromatic carbocycles. The number of ether oxygens (including phenoxy) is 2. The standard InChI is InChI=1S/C21H24O7/c1-11-15-10-28-21(26)18(15)17(20(24)25)14(19(11)27-2)8-7-12-5-3-4-6-13(12)9-16(22)23/h7,13H,3-6,8-10H2,1-2H3,(H,22,23)(H,24,25)/t13-/m0/s1. The summed E-state index contributed by atoms with van der Waals surface area (Å²) >= 11 is 0. The third-order valence-corrected chi connectivity index (χ3v) is 5.67. The molecule has 1 aliphatic heterocycles. The summed E-state index contributed by atoms with van der Waals surface area (Å²) in [5.41, 5.74) is 2.74. The monoisotopic (exact) mass is 388 g/mol. The Bertz CT molecular complexity index is 866.